The zero-order valence-corrected chi connectivity index (χ0v) is 51.5. The topological polar surface area (TPSA) is 239 Å². The zero-order valence-electron chi connectivity index (χ0n) is 42.8. The van der Waals surface area contributed by atoms with Gasteiger partial charge in [0.05, 0.1) is 51.1 Å². The van der Waals surface area contributed by atoms with Crippen molar-refractivity contribution in [1.82, 2.24) is 15.5 Å². The first kappa shape index (κ1) is 82.5. The van der Waals surface area contributed by atoms with Gasteiger partial charge in [0.25, 0.3) is 0 Å². The Bertz CT molecular complexity index is 1180. The van der Waals surface area contributed by atoms with Crippen LogP contribution in [0.15, 0.2) is 0 Å². The molecule has 0 aromatic heterocycles. The first-order chi connectivity index (χ1) is 28.4. The summed E-state index contributed by atoms with van der Waals surface area (Å²) in [6.45, 7) is 6.89. The first-order valence-corrected chi connectivity index (χ1v) is 22.8. The average Bonchev–Trinajstić information content (AvgIpc) is 3.15. The van der Waals surface area contributed by atoms with E-state index in [0.717, 1.165) is 32.1 Å². The van der Waals surface area contributed by atoms with E-state index in [1.165, 1.54) is 128 Å². The van der Waals surface area contributed by atoms with E-state index in [1.807, 2.05) is 14.1 Å². The van der Waals surface area contributed by atoms with E-state index in [1.54, 1.807) is 0 Å². The van der Waals surface area contributed by atoms with Crippen LogP contribution in [0.1, 0.15) is 194 Å². The largest absolute Gasteiger partial charge is 1.00 e. The minimum Gasteiger partial charge on any atom is -1.00 e. The molecule has 360 valence electrons. The first-order valence-electron chi connectivity index (χ1n) is 22.8. The van der Waals surface area contributed by atoms with Gasteiger partial charge in [-0.3, -0.25) is 14.4 Å². The van der Waals surface area contributed by atoms with E-state index in [0.29, 0.717) is 30.4 Å². The molecule has 0 aliphatic heterocycles. The molecule has 3 amide bonds. The van der Waals surface area contributed by atoms with Gasteiger partial charge in [-0.25, -0.2) is 0 Å². The maximum atomic E-state index is 11.7. The van der Waals surface area contributed by atoms with Crippen LogP contribution in [0.3, 0.4) is 0 Å². The molecule has 0 fully saturated rings. The number of amides is 3. The summed E-state index contributed by atoms with van der Waals surface area (Å²) in [6, 6.07) is -1.27. The average molecular weight is 984 g/mol. The number of rotatable bonds is 37. The van der Waals surface area contributed by atoms with Crippen molar-refractivity contribution in [2.45, 2.75) is 200 Å². The second-order valence-electron chi connectivity index (χ2n) is 16.6. The fourth-order valence-electron chi connectivity index (χ4n) is 6.34. The van der Waals surface area contributed by atoms with Gasteiger partial charge >= 0.3 is 118 Å². The molecule has 0 aliphatic carbocycles. The Morgan fingerprint density at radius 2 is 0.923 bits per heavy atom. The fourth-order valence-corrected chi connectivity index (χ4v) is 6.34. The number of carbonyl (C=O) groups excluding carboxylic acids is 7. The summed E-state index contributed by atoms with van der Waals surface area (Å²) in [5.74, 6) is -5.59. The molecule has 0 aromatic carbocycles. The smallest absolute Gasteiger partial charge is 1.00 e. The molecule has 0 aromatic rings. The van der Waals surface area contributed by atoms with Crippen molar-refractivity contribution in [3.63, 3.8) is 0 Å². The Kier molecular flexibility index (Phi) is 74.7. The van der Waals surface area contributed by atoms with Crippen LogP contribution >= 0.6 is 0 Å². The molecule has 0 radical (unpaired) electrons. The summed E-state index contributed by atoms with van der Waals surface area (Å²) in [4.78, 5) is 77.0. The molecule has 0 saturated carbocycles. The molecule has 65 heavy (non-hydrogen) atoms. The van der Waals surface area contributed by atoms with Crippen molar-refractivity contribution in [3.8, 4) is 0 Å². The Labute approximate surface area is 488 Å². The van der Waals surface area contributed by atoms with Crippen molar-refractivity contribution in [1.29, 1.82) is 0 Å². The Morgan fingerprint density at radius 3 is 1.26 bits per heavy atom. The van der Waals surface area contributed by atoms with Crippen LogP contribution in [0.2, 0.25) is 0 Å². The van der Waals surface area contributed by atoms with Crippen LogP contribution in [0.25, 0.3) is 0 Å². The summed E-state index contributed by atoms with van der Waals surface area (Å²) in [7, 11) is 5.16. The molecule has 15 nitrogen and oxygen atoms in total. The molecule has 0 spiro atoms. The zero-order chi connectivity index (χ0) is 46.0. The van der Waals surface area contributed by atoms with Crippen LogP contribution in [0.5, 0.6) is 0 Å². The number of carbonyl (C=O) groups is 7. The second kappa shape index (κ2) is 58.9. The van der Waals surface area contributed by atoms with Crippen molar-refractivity contribution >= 4 is 41.6 Å². The predicted molar refractivity (Wildman–Crippen MR) is 226 cm³/mol. The summed E-state index contributed by atoms with van der Waals surface area (Å²) < 4.78 is 0.377. The number of halogens is 1. The number of hydrogen-bond donors (Lipinski definition) is 2. The Morgan fingerprint density at radius 1 is 0.538 bits per heavy atom. The Hall–Kier alpha value is 0.540. The number of nitrogens with one attached hydrogen (secondary N) is 2. The van der Waals surface area contributed by atoms with Gasteiger partial charge in [-0.1, -0.05) is 142 Å². The SMILES string of the molecule is CC(=O)NCCC[N+](C)(C)CC(=O)[O-].CCCCCCCCCCCCCC(=O)N(C)CC(=O)[O-].CCCCCCCCCCCCCC(=O)NC(CCC(=O)[O-])C(=O)[O-].[Cl-].[Na+].[Na+].[Na+].[Na+]. The molecule has 1 atom stereocenters. The van der Waals surface area contributed by atoms with E-state index in [9.17, 15) is 54.0 Å². The molecular weight excluding hydrogens is 900 g/mol. The summed E-state index contributed by atoms with van der Waals surface area (Å²) in [5.41, 5.74) is 0. The minimum atomic E-state index is -1.46. The maximum Gasteiger partial charge on any atom is 1.00 e. The molecule has 0 saturated heterocycles. The summed E-state index contributed by atoms with van der Waals surface area (Å²) in [6.07, 6.45) is 27.5. The molecule has 1 unspecified atom stereocenters. The third-order valence-corrected chi connectivity index (χ3v) is 9.92. The van der Waals surface area contributed by atoms with Gasteiger partial charge in [0.1, 0.15) is 6.54 Å². The third kappa shape index (κ3) is 68.9. The van der Waals surface area contributed by atoms with Crippen molar-refractivity contribution in [3.05, 3.63) is 0 Å². The van der Waals surface area contributed by atoms with Crippen molar-refractivity contribution in [2.24, 2.45) is 0 Å². The number of carboxylic acids is 4. The van der Waals surface area contributed by atoms with Gasteiger partial charge in [-0.15, -0.1) is 0 Å². The quantitative estimate of drug-likeness (QED) is 0.0337. The summed E-state index contributed by atoms with van der Waals surface area (Å²) in [5, 5.41) is 46.9. The summed E-state index contributed by atoms with van der Waals surface area (Å²) >= 11 is 0. The van der Waals surface area contributed by atoms with Crippen LogP contribution in [0.4, 0.5) is 0 Å². The number of likely N-dealkylation sites (N-methyl/N-ethyl adjacent to an activating group) is 2. The standard InChI is InChI=1S/C19H35NO5.C17H33NO3.C9H18N2O3.ClH.4Na/c1-2-3-4-5-6-7-8-9-10-11-12-13-17(21)20-16(19(24)25)14-15-18(22)23;1-3-4-5-6-7-8-9-10-11-12-13-14-16(19)18(2)15-17(20)21;1-8(12)10-5-4-6-11(2,3)7-9(13)14;;;;;/h16H,2-15H2,1H3,(H,20,21)(H,22,23)(H,24,25);3-15H2,1-2H3,(H,20,21);4-7H2,1-3H3,(H-,10,12,13,14);1H;;;;/q;;;;4*+1/p-4. The van der Waals surface area contributed by atoms with Gasteiger partial charge in [-0.05, 0) is 25.7 Å². The monoisotopic (exact) mass is 983 g/mol. The number of aliphatic carboxylic acids is 4. The van der Waals surface area contributed by atoms with Crippen LogP contribution in [-0.2, 0) is 33.6 Å². The number of carboxylic acid groups (broad SMARTS) is 4. The Balaban J connectivity index is -0.000000124. The molecule has 2 N–H and O–H groups in total. The van der Waals surface area contributed by atoms with E-state index >= 15 is 0 Å². The normalized spacial score (nSPS) is 10.4. The molecule has 0 heterocycles. The van der Waals surface area contributed by atoms with E-state index < -0.39 is 36.3 Å². The number of unbranched alkanes of at least 4 members (excludes halogenated alkanes) is 20. The van der Waals surface area contributed by atoms with E-state index in [4.69, 9.17) is 0 Å². The van der Waals surface area contributed by atoms with Crippen LogP contribution < -0.4 is 162 Å². The van der Waals surface area contributed by atoms with Gasteiger partial charge in [0.2, 0.25) is 17.7 Å². The molecule has 20 heteroatoms. The maximum absolute atomic E-state index is 11.7. The van der Waals surface area contributed by atoms with Gasteiger partial charge in [0.15, 0.2) is 0 Å². The van der Waals surface area contributed by atoms with Gasteiger partial charge in [0, 0.05) is 45.7 Å². The minimum absolute atomic E-state index is 0. The van der Waals surface area contributed by atoms with Crippen molar-refractivity contribution in [2.75, 3.05) is 47.3 Å². The van der Waals surface area contributed by atoms with E-state index in [2.05, 4.69) is 24.5 Å². The second-order valence-corrected chi connectivity index (χ2v) is 16.6. The van der Waals surface area contributed by atoms with Crippen LogP contribution in [0, 0.1) is 0 Å². The molecular formula is C45H83ClN4Na4O11. The molecule has 0 bridgehead atoms. The molecule has 0 rings (SSSR count). The fraction of sp³-hybridized carbons (Fsp3) is 0.844. The number of hydrogen-bond acceptors (Lipinski definition) is 11. The molecule has 0 aliphatic rings. The van der Waals surface area contributed by atoms with Gasteiger partial charge < -0.3 is 72.0 Å². The van der Waals surface area contributed by atoms with Crippen LogP contribution in [-0.4, -0.2) is 104 Å². The van der Waals surface area contributed by atoms with E-state index in [-0.39, 0.29) is 174 Å². The van der Waals surface area contributed by atoms with Crippen molar-refractivity contribution < 1.29 is 189 Å². The van der Waals surface area contributed by atoms with Gasteiger partial charge in [-0.2, -0.15) is 0 Å². The number of nitrogens with zero attached hydrogens (tertiary/aromatic N) is 2. The predicted octanol–water partition coefficient (Wildman–Crippen LogP) is -12.3. The third-order valence-electron chi connectivity index (χ3n) is 9.92. The number of quaternary nitrogens is 1.